The van der Waals surface area contributed by atoms with Gasteiger partial charge < -0.3 is 10.1 Å². The number of carbonyl (C=O) groups is 2. The molecule has 0 radical (unpaired) electrons. The number of nitrogens with one attached hydrogen (secondary N) is 1. The van der Waals surface area contributed by atoms with Gasteiger partial charge in [0.1, 0.15) is 0 Å². The van der Waals surface area contributed by atoms with Crippen molar-refractivity contribution in [3.8, 4) is 0 Å². The van der Waals surface area contributed by atoms with Crippen molar-refractivity contribution in [2.45, 2.75) is 19.1 Å². The number of aromatic nitrogens is 3. The summed E-state index contributed by atoms with van der Waals surface area (Å²) in [6.07, 6.45) is -3.37. The van der Waals surface area contributed by atoms with Crippen LogP contribution in [0.5, 0.6) is 0 Å². The van der Waals surface area contributed by atoms with Gasteiger partial charge in [-0.15, -0.1) is 5.10 Å². The Labute approximate surface area is 105 Å². The van der Waals surface area contributed by atoms with Gasteiger partial charge in [-0.2, -0.15) is 13.2 Å². The maximum absolute atomic E-state index is 11.8. The number of rotatable bonds is 5. The smallest absolute Gasteiger partial charge is 0.464 e. The van der Waals surface area contributed by atoms with Gasteiger partial charge in [0.15, 0.2) is 5.69 Å². The molecule has 1 aromatic rings. The van der Waals surface area contributed by atoms with E-state index in [-0.39, 0.29) is 25.2 Å². The highest BCUT2D eigenvalue weighted by Crippen LogP contribution is 2.13. The summed E-state index contributed by atoms with van der Waals surface area (Å²) >= 11 is 0. The molecular weight excluding hydrogens is 269 g/mol. The SMILES string of the molecule is COC(=O)c1cn(CCCNC(=O)C(F)(F)F)nn1. The number of amides is 1. The molecule has 1 N–H and O–H groups in total. The number of ether oxygens (including phenoxy) is 1. The number of methoxy groups -OCH3 is 1. The minimum Gasteiger partial charge on any atom is -0.464 e. The summed E-state index contributed by atoms with van der Waals surface area (Å²) in [6, 6.07) is 0. The lowest BCUT2D eigenvalue weighted by atomic mass is 10.4. The van der Waals surface area contributed by atoms with E-state index in [9.17, 15) is 22.8 Å². The molecule has 0 unspecified atom stereocenters. The number of nitrogens with zero attached hydrogens (tertiary/aromatic N) is 3. The normalized spacial score (nSPS) is 11.2. The van der Waals surface area contributed by atoms with Crippen LogP contribution in [0.15, 0.2) is 6.20 Å². The van der Waals surface area contributed by atoms with Gasteiger partial charge in [0.05, 0.1) is 13.3 Å². The minimum atomic E-state index is -4.88. The fourth-order valence-corrected chi connectivity index (χ4v) is 1.15. The lowest BCUT2D eigenvalue weighted by Crippen LogP contribution is -2.37. The third-order valence-corrected chi connectivity index (χ3v) is 2.04. The molecule has 1 amide bonds. The van der Waals surface area contributed by atoms with Crippen molar-refractivity contribution in [2.75, 3.05) is 13.7 Å². The van der Waals surface area contributed by atoms with E-state index < -0.39 is 18.1 Å². The molecule has 0 fully saturated rings. The topological polar surface area (TPSA) is 86.1 Å². The highest BCUT2D eigenvalue weighted by molar-refractivity contribution is 5.86. The number of alkyl halides is 3. The zero-order chi connectivity index (χ0) is 14.5. The number of hydrogen-bond acceptors (Lipinski definition) is 5. The van der Waals surface area contributed by atoms with Crippen LogP contribution in [0.3, 0.4) is 0 Å². The van der Waals surface area contributed by atoms with Crippen molar-refractivity contribution < 1.29 is 27.5 Å². The average molecular weight is 280 g/mol. The van der Waals surface area contributed by atoms with E-state index in [1.54, 1.807) is 5.32 Å². The minimum absolute atomic E-state index is 0.00169. The van der Waals surface area contributed by atoms with Crippen LogP contribution in [0, 0.1) is 0 Å². The summed E-state index contributed by atoms with van der Waals surface area (Å²) in [7, 11) is 1.19. The van der Waals surface area contributed by atoms with E-state index in [0.29, 0.717) is 0 Å². The average Bonchev–Trinajstić information content (AvgIpc) is 2.80. The Bertz CT molecular complexity index is 458. The van der Waals surface area contributed by atoms with Crippen LogP contribution < -0.4 is 5.32 Å². The lowest BCUT2D eigenvalue weighted by Gasteiger charge is -2.07. The Hall–Kier alpha value is -2.13. The van der Waals surface area contributed by atoms with Crippen LogP contribution >= 0.6 is 0 Å². The molecule has 0 saturated heterocycles. The molecule has 1 rings (SSSR count). The summed E-state index contributed by atoms with van der Waals surface area (Å²) in [5.41, 5.74) is 0.00169. The zero-order valence-electron chi connectivity index (χ0n) is 9.90. The fraction of sp³-hybridized carbons (Fsp3) is 0.556. The first-order valence-electron chi connectivity index (χ1n) is 5.18. The number of halogens is 3. The van der Waals surface area contributed by atoms with Crippen LogP contribution in [0.1, 0.15) is 16.9 Å². The van der Waals surface area contributed by atoms with Crippen molar-refractivity contribution in [3.05, 3.63) is 11.9 Å². The molecule has 0 aliphatic rings. The first-order valence-corrected chi connectivity index (χ1v) is 5.18. The van der Waals surface area contributed by atoms with Crippen molar-refractivity contribution in [2.24, 2.45) is 0 Å². The Morgan fingerprint density at radius 2 is 2.16 bits per heavy atom. The van der Waals surface area contributed by atoms with Crippen LogP contribution in [0.4, 0.5) is 13.2 Å². The van der Waals surface area contributed by atoms with Gasteiger partial charge >= 0.3 is 18.1 Å². The van der Waals surface area contributed by atoms with Gasteiger partial charge in [-0.25, -0.2) is 4.79 Å². The van der Waals surface area contributed by atoms with Gasteiger partial charge in [-0.3, -0.25) is 9.48 Å². The van der Waals surface area contributed by atoms with Crippen molar-refractivity contribution >= 4 is 11.9 Å². The van der Waals surface area contributed by atoms with Crippen LogP contribution in [0.2, 0.25) is 0 Å². The second-order valence-corrected chi connectivity index (χ2v) is 3.47. The Kier molecular flexibility index (Phi) is 4.84. The Morgan fingerprint density at radius 1 is 1.47 bits per heavy atom. The molecule has 0 spiro atoms. The molecule has 7 nitrogen and oxygen atoms in total. The second-order valence-electron chi connectivity index (χ2n) is 3.47. The van der Waals surface area contributed by atoms with Gasteiger partial charge in [-0.1, -0.05) is 5.21 Å². The summed E-state index contributed by atoms with van der Waals surface area (Å²) in [4.78, 5) is 21.5. The van der Waals surface area contributed by atoms with E-state index in [0.717, 1.165) is 0 Å². The van der Waals surface area contributed by atoms with Crippen LogP contribution in [-0.2, 0) is 16.1 Å². The van der Waals surface area contributed by atoms with Gasteiger partial charge in [0.25, 0.3) is 0 Å². The van der Waals surface area contributed by atoms with Crippen molar-refractivity contribution in [1.29, 1.82) is 0 Å². The number of hydrogen-bond donors (Lipinski definition) is 1. The maximum atomic E-state index is 11.8. The van der Waals surface area contributed by atoms with Gasteiger partial charge in [0.2, 0.25) is 0 Å². The first kappa shape index (κ1) is 14.9. The Balaban J connectivity index is 2.32. The van der Waals surface area contributed by atoms with E-state index in [1.807, 2.05) is 0 Å². The molecule has 106 valence electrons. The molecule has 10 heteroatoms. The van der Waals surface area contributed by atoms with E-state index in [4.69, 9.17) is 0 Å². The highest BCUT2D eigenvalue weighted by Gasteiger charge is 2.38. The molecule has 0 aromatic carbocycles. The van der Waals surface area contributed by atoms with Gasteiger partial charge in [-0.05, 0) is 6.42 Å². The molecular formula is C9H11F3N4O3. The third-order valence-electron chi connectivity index (χ3n) is 2.04. The summed E-state index contributed by atoms with van der Waals surface area (Å²) in [5.74, 6) is -2.64. The molecule has 0 saturated carbocycles. The molecule has 1 heterocycles. The molecule has 1 aromatic heterocycles. The van der Waals surface area contributed by atoms with E-state index in [1.165, 1.54) is 18.0 Å². The lowest BCUT2D eigenvalue weighted by molar-refractivity contribution is -0.173. The summed E-state index contributed by atoms with van der Waals surface area (Å²) in [5, 5.41) is 8.81. The zero-order valence-corrected chi connectivity index (χ0v) is 9.90. The van der Waals surface area contributed by atoms with Crippen molar-refractivity contribution in [1.82, 2.24) is 20.3 Å². The third kappa shape index (κ3) is 4.56. The number of esters is 1. The maximum Gasteiger partial charge on any atom is 0.471 e. The molecule has 0 aliphatic carbocycles. The Morgan fingerprint density at radius 3 is 2.74 bits per heavy atom. The number of carbonyl (C=O) groups excluding carboxylic acids is 2. The second kappa shape index (κ2) is 6.16. The van der Waals surface area contributed by atoms with E-state index >= 15 is 0 Å². The van der Waals surface area contributed by atoms with Crippen molar-refractivity contribution in [3.63, 3.8) is 0 Å². The summed E-state index contributed by atoms with van der Waals surface area (Å²) < 4.78 is 41.2. The fourth-order valence-electron chi connectivity index (χ4n) is 1.15. The van der Waals surface area contributed by atoms with Crippen LogP contribution in [0.25, 0.3) is 0 Å². The quantitative estimate of drug-likeness (QED) is 0.612. The predicted molar refractivity (Wildman–Crippen MR) is 55.0 cm³/mol. The van der Waals surface area contributed by atoms with Crippen LogP contribution in [-0.4, -0.2) is 46.7 Å². The summed E-state index contributed by atoms with van der Waals surface area (Å²) in [6.45, 7) is 0.0495. The standard InChI is InChI=1S/C9H11F3N4O3/c1-19-7(17)6-5-16(15-14-6)4-2-3-13-8(18)9(10,11)12/h5H,2-4H2,1H3,(H,13,18). The highest BCUT2D eigenvalue weighted by atomic mass is 19.4. The molecule has 19 heavy (non-hydrogen) atoms. The first-order chi connectivity index (χ1) is 8.84. The molecule has 0 aliphatic heterocycles. The monoisotopic (exact) mass is 280 g/mol. The number of aryl methyl sites for hydroxylation is 1. The molecule has 0 bridgehead atoms. The van der Waals surface area contributed by atoms with E-state index in [2.05, 4.69) is 15.0 Å². The predicted octanol–water partition coefficient (Wildman–Crippen LogP) is 0.133. The molecule has 0 atom stereocenters. The van der Waals surface area contributed by atoms with Gasteiger partial charge in [0, 0.05) is 13.1 Å². The largest absolute Gasteiger partial charge is 0.471 e.